The van der Waals surface area contributed by atoms with Gasteiger partial charge in [0, 0.05) is 25.7 Å². The first-order valence-electron chi connectivity index (χ1n) is 40.1. The number of rotatable bonds is 74. The summed E-state index contributed by atoms with van der Waals surface area (Å²) in [5.74, 6) is -2.31. The monoisotopic (exact) mass is 1500 g/mol. The van der Waals surface area contributed by atoms with Gasteiger partial charge in [0.25, 0.3) is 0 Å². The molecule has 0 aromatic heterocycles. The minimum atomic E-state index is -5.00. The normalized spacial score (nSPS) is 14.6. The predicted octanol–water partition coefficient (Wildman–Crippen LogP) is 23.4. The second-order valence-corrected chi connectivity index (χ2v) is 29.2. The summed E-state index contributed by atoms with van der Waals surface area (Å²) in [5, 5.41) is 10.6. The minimum absolute atomic E-state index is 0.0294. The van der Waals surface area contributed by atoms with Gasteiger partial charge in [0.2, 0.25) is 0 Å². The van der Waals surface area contributed by atoms with Gasteiger partial charge < -0.3 is 33.8 Å². The highest BCUT2D eigenvalue weighted by Crippen LogP contribution is 2.45. The fourth-order valence-corrected chi connectivity index (χ4v) is 11.8. The molecule has 0 bridgehead atoms. The van der Waals surface area contributed by atoms with Crippen LogP contribution in [0.2, 0.25) is 0 Å². The number of hydrogen-bond acceptors (Lipinski definition) is 15. The van der Waals surface area contributed by atoms with E-state index < -0.39 is 97.5 Å². The third-order valence-electron chi connectivity index (χ3n) is 16.3. The predicted molar refractivity (Wildman–Crippen MR) is 427 cm³/mol. The van der Waals surface area contributed by atoms with Gasteiger partial charge in [0.05, 0.1) is 26.4 Å². The molecular formula is C85H142O17P2. The van der Waals surface area contributed by atoms with Gasteiger partial charge in [-0.1, -0.05) is 296 Å². The largest absolute Gasteiger partial charge is 0.472 e. The van der Waals surface area contributed by atoms with Crippen molar-refractivity contribution in [1.82, 2.24) is 0 Å². The summed E-state index contributed by atoms with van der Waals surface area (Å²) in [6.07, 6.45) is 86.9. The van der Waals surface area contributed by atoms with E-state index in [2.05, 4.69) is 155 Å². The van der Waals surface area contributed by atoms with E-state index >= 15 is 0 Å². The van der Waals surface area contributed by atoms with Gasteiger partial charge in [0.15, 0.2) is 12.2 Å². The first-order valence-corrected chi connectivity index (χ1v) is 43.1. The first-order chi connectivity index (χ1) is 50.7. The van der Waals surface area contributed by atoms with Gasteiger partial charge in [-0.2, -0.15) is 0 Å². The fourth-order valence-electron chi connectivity index (χ4n) is 10.3. The molecule has 104 heavy (non-hydrogen) atoms. The Kier molecular flexibility index (Phi) is 72.4. The molecule has 594 valence electrons. The maximum absolute atomic E-state index is 13.1. The van der Waals surface area contributed by atoms with Crippen LogP contribution in [0.4, 0.5) is 0 Å². The highest BCUT2D eigenvalue weighted by atomic mass is 31.2. The van der Waals surface area contributed by atoms with Crippen LogP contribution in [-0.4, -0.2) is 96.7 Å². The Morgan fingerprint density at radius 3 is 0.846 bits per heavy atom. The van der Waals surface area contributed by atoms with Crippen molar-refractivity contribution in [1.29, 1.82) is 0 Å². The summed E-state index contributed by atoms with van der Waals surface area (Å²) < 4.78 is 68.5. The lowest BCUT2D eigenvalue weighted by Gasteiger charge is -2.21. The van der Waals surface area contributed by atoms with E-state index in [1.54, 1.807) is 0 Å². The topological polar surface area (TPSA) is 237 Å². The zero-order valence-electron chi connectivity index (χ0n) is 64.9. The molecule has 0 amide bonds. The summed E-state index contributed by atoms with van der Waals surface area (Å²) in [4.78, 5) is 73.0. The quantitative estimate of drug-likeness (QED) is 0.0169. The van der Waals surface area contributed by atoms with Crippen LogP contribution in [0.15, 0.2) is 146 Å². The van der Waals surface area contributed by atoms with Crippen LogP contribution in [-0.2, 0) is 65.4 Å². The average Bonchev–Trinajstić information content (AvgIpc) is 0.911. The summed E-state index contributed by atoms with van der Waals surface area (Å²) in [7, 11) is -9.99. The summed E-state index contributed by atoms with van der Waals surface area (Å²) in [6, 6.07) is 0. The Hall–Kier alpha value is -5.06. The molecule has 0 aliphatic rings. The molecule has 0 heterocycles. The number of hydrogen-bond donors (Lipinski definition) is 3. The van der Waals surface area contributed by atoms with Gasteiger partial charge in [0.1, 0.15) is 19.3 Å². The van der Waals surface area contributed by atoms with Crippen molar-refractivity contribution in [2.45, 2.75) is 329 Å². The van der Waals surface area contributed by atoms with E-state index in [0.29, 0.717) is 32.1 Å². The molecule has 0 aliphatic heterocycles. The van der Waals surface area contributed by atoms with Crippen molar-refractivity contribution in [2.24, 2.45) is 0 Å². The molecule has 17 nitrogen and oxygen atoms in total. The zero-order chi connectivity index (χ0) is 76.0. The zero-order valence-corrected chi connectivity index (χ0v) is 66.7. The standard InChI is InChI=1S/C85H142O17P2/c1-5-9-13-17-21-25-29-33-36-38-39-41-44-47-50-54-58-62-66-70-83(88)96-76-81(102-85(90)72-68-64-60-56-52-48-42-35-31-27-23-19-15-11-7-3)78-100-104(93,94)98-74-79(86)73-97-103(91,92)99-77-80(101-84(89)71-67-63-59-55-51-45-32-28-24-20-16-12-8-4)75-95-82(87)69-65-61-57-53-49-46-43-40-37-34-30-26-22-18-14-10-6-2/h9-10,13-14,21-23,25-27,33-37,39,41-43,46-47,50,58,62,79-81,86H,5-8,11-12,15-20,24,28-32,38,40,44-45,48-49,51-57,59-61,63-78H2,1-4H3,(H,91,92)(H,93,94)/b13-9-,14-10-,25-21-,26-22-,27-23-,36-33-,37-34-,41-39-,42-35-,46-43-,50-47-,62-58-. The lowest BCUT2D eigenvalue weighted by atomic mass is 10.0. The van der Waals surface area contributed by atoms with Crippen molar-refractivity contribution in [3.63, 3.8) is 0 Å². The highest BCUT2D eigenvalue weighted by molar-refractivity contribution is 7.47. The number of ether oxygens (including phenoxy) is 4. The maximum atomic E-state index is 13.1. The van der Waals surface area contributed by atoms with Crippen LogP contribution in [0.3, 0.4) is 0 Å². The summed E-state index contributed by atoms with van der Waals surface area (Å²) in [5.41, 5.74) is 0. The van der Waals surface area contributed by atoms with Crippen LogP contribution >= 0.6 is 15.6 Å². The molecule has 0 fully saturated rings. The second kappa shape index (κ2) is 76.1. The SMILES string of the molecule is CC/C=C\C/C=C\C/C=C\C/C=C\C/C=C\C/C=C\CCC(=O)OCC(COP(=O)(O)OCC(O)COP(=O)(O)OCC(COC(=O)CCCCCC/C=C\C/C=C\C/C=C\C/C=C\CC)OC(=O)CCCCCCCCCCCCCCC)OC(=O)CCCCCCC/C=C\C/C=C\CCCCC. The van der Waals surface area contributed by atoms with E-state index in [-0.39, 0.29) is 25.7 Å². The minimum Gasteiger partial charge on any atom is -0.462 e. The van der Waals surface area contributed by atoms with Gasteiger partial charge >= 0.3 is 39.5 Å². The van der Waals surface area contributed by atoms with Gasteiger partial charge in [-0.25, -0.2) is 9.13 Å². The molecular weight excluding hydrogens is 1350 g/mol. The van der Waals surface area contributed by atoms with Crippen LogP contribution in [0.5, 0.6) is 0 Å². The Bertz CT molecular complexity index is 2540. The molecule has 0 aromatic carbocycles. The molecule has 3 N–H and O–H groups in total. The first kappa shape index (κ1) is 98.9. The van der Waals surface area contributed by atoms with E-state index in [9.17, 15) is 43.2 Å². The van der Waals surface area contributed by atoms with Gasteiger partial charge in [-0.15, -0.1) is 0 Å². The molecule has 0 aromatic rings. The number of carbonyl (C=O) groups is 4. The van der Waals surface area contributed by atoms with Crippen molar-refractivity contribution < 1.29 is 80.2 Å². The number of aliphatic hydroxyl groups excluding tert-OH is 1. The van der Waals surface area contributed by atoms with E-state index in [4.69, 9.17) is 37.0 Å². The third-order valence-corrected chi connectivity index (χ3v) is 18.2. The number of phosphoric acid groups is 2. The van der Waals surface area contributed by atoms with Crippen LogP contribution in [0.1, 0.15) is 310 Å². The Morgan fingerprint density at radius 2 is 0.519 bits per heavy atom. The molecule has 0 saturated heterocycles. The van der Waals surface area contributed by atoms with Gasteiger partial charge in [-0.05, 0) is 135 Å². The molecule has 0 saturated carbocycles. The lowest BCUT2D eigenvalue weighted by Crippen LogP contribution is -2.30. The maximum Gasteiger partial charge on any atom is 0.472 e. The smallest absolute Gasteiger partial charge is 0.462 e. The lowest BCUT2D eigenvalue weighted by molar-refractivity contribution is -0.161. The van der Waals surface area contributed by atoms with Crippen molar-refractivity contribution in [3.8, 4) is 0 Å². The number of esters is 4. The molecule has 0 radical (unpaired) electrons. The number of allylic oxidation sites excluding steroid dienone is 24. The van der Waals surface area contributed by atoms with Gasteiger partial charge in [-0.3, -0.25) is 37.3 Å². The Morgan fingerprint density at radius 1 is 0.279 bits per heavy atom. The third kappa shape index (κ3) is 75.2. The molecule has 0 rings (SSSR count). The van der Waals surface area contributed by atoms with E-state index in [1.807, 2.05) is 18.2 Å². The molecule has 5 unspecified atom stereocenters. The van der Waals surface area contributed by atoms with Crippen LogP contribution in [0, 0.1) is 0 Å². The van der Waals surface area contributed by atoms with Crippen molar-refractivity contribution in [2.75, 3.05) is 39.6 Å². The number of phosphoric ester groups is 2. The fraction of sp³-hybridized carbons (Fsp3) is 0.671. The molecule has 0 spiro atoms. The van der Waals surface area contributed by atoms with E-state index in [1.165, 1.54) is 70.6 Å². The molecule has 19 heteroatoms. The van der Waals surface area contributed by atoms with Crippen molar-refractivity contribution >= 4 is 39.5 Å². The number of carbonyl (C=O) groups excluding carboxylic acids is 4. The number of aliphatic hydroxyl groups is 1. The van der Waals surface area contributed by atoms with Crippen molar-refractivity contribution in [3.05, 3.63) is 146 Å². The Balaban J connectivity index is 5.45. The van der Waals surface area contributed by atoms with Crippen LogP contribution < -0.4 is 0 Å². The Labute approximate surface area is 630 Å². The number of unbranched alkanes of at least 4 members (excludes halogenated alkanes) is 24. The summed E-state index contributed by atoms with van der Waals surface area (Å²) >= 11 is 0. The average molecular weight is 1500 g/mol. The molecule has 5 atom stereocenters. The molecule has 0 aliphatic carbocycles. The summed E-state index contributed by atoms with van der Waals surface area (Å²) in [6.45, 7) is 4.50. The van der Waals surface area contributed by atoms with Crippen LogP contribution in [0.25, 0.3) is 0 Å². The second-order valence-electron chi connectivity index (χ2n) is 26.2. The van der Waals surface area contributed by atoms with E-state index in [0.717, 1.165) is 154 Å². The highest BCUT2D eigenvalue weighted by Gasteiger charge is 2.30.